The Morgan fingerprint density at radius 2 is 1.90 bits per heavy atom. The number of nitrogens with zero attached hydrogens (tertiary/aromatic N) is 1. The summed E-state index contributed by atoms with van der Waals surface area (Å²) in [6.07, 6.45) is 0.373. The average Bonchev–Trinajstić information content (AvgIpc) is 3.46. The Balaban J connectivity index is 1.36. The highest BCUT2D eigenvalue weighted by molar-refractivity contribution is 6.08. The molecular weight excluding hydrogens is 504 g/mol. The molecule has 9 N–H and O–H groups in total. The summed E-state index contributed by atoms with van der Waals surface area (Å²) >= 11 is 0. The molecular formula is C26H30N8O5. The van der Waals surface area contributed by atoms with Gasteiger partial charge >= 0.3 is 12.0 Å². The molecule has 0 bridgehead atoms. The summed E-state index contributed by atoms with van der Waals surface area (Å²) < 4.78 is 5.05. The molecule has 1 saturated heterocycles. The Morgan fingerprint density at radius 3 is 2.56 bits per heavy atom. The molecule has 0 saturated carbocycles. The highest BCUT2D eigenvalue weighted by atomic mass is 16.5. The van der Waals surface area contributed by atoms with E-state index < -0.39 is 30.0 Å². The van der Waals surface area contributed by atoms with Crippen LogP contribution in [0.1, 0.15) is 29.4 Å². The predicted molar refractivity (Wildman–Crippen MR) is 145 cm³/mol. The van der Waals surface area contributed by atoms with Crippen molar-refractivity contribution in [3.8, 4) is 0 Å². The molecule has 13 heteroatoms. The number of para-hydroxylation sites is 1. The normalized spacial score (nSPS) is 15.6. The maximum Gasteiger partial charge on any atom is 0.330 e. The van der Waals surface area contributed by atoms with Gasteiger partial charge in [0.15, 0.2) is 0 Å². The van der Waals surface area contributed by atoms with Gasteiger partial charge in [0.25, 0.3) is 5.91 Å². The summed E-state index contributed by atoms with van der Waals surface area (Å²) in [6, 6.07) is 11.1. The molecule has 2 heterocycles. The molecule has 2 atom stereocenters. The Kier molecular flexibility index (Phi) is 7.98. The van der Waals surface area contributed by atoms with E-state index in [1.165, 1.54) is 4.90 Å². The number of anilines is 2. The van der Waals surface area contributed by atoms with Crippen molar-refractivity contribution in [3.63, 3.8) is 0 Å². The van der Waals surface area contributed by atoms with Gasteiger partial charge in [-0.25, -0.2) is 9.59 Å². The lowest BCUT2D eigenvalue weighted by atomic mass is 10.2. The molecule has 13 nitrogen and oxygen atoms in total. The second-order valence-corrected chi connectivity index (χ2v) is 8.88. The summed E-state index contributed by atoms with van der Waals surface area (Å²) in [4.78, 5) is 55.4. The second-order valence-electron chi connectivity index (χ2n) is 8.88. The fourth-order valence-electron chi connectivity index (χ4n) is 4.30. The number of carbonyl (C=O) groups excluding carboxylic acids is 4. The lowest BCUT2D eigenvalue weighted by Gasteiger charge is -2.20. The van der Waals surface area contributed by atoms with Crippen LogP contribution >= 0.6 is 0 Å². The van der Waals surface area contributed by atoms with Crippen molar-refractivity contribution in [1.82, 2.24) is 20.9 Å². The summed E-state index contributed by atoms with van der Waals surface area (Å²) in [5.74, 6) is -1.75. The van der Waals surface area contributed by atoms with Gasteiger partial charge in [0.1, 0.15) is 23.6 Å². The van der Waals surface area contributed by atoms with Crippen LogP contribution < -0.4 is 32.3 Å². The summed E-state index contributed by atoms with van der Waals surface area (Å²) in [6.45, 7) is 1.80. The number of ether oxygens (including phenoxy) is 1. The van der Waals surface area contributed by atoms with E-state index in [2.05, 4.69) is 20.9 Å². The Hall–Kier alpha value is -5.07. The van der Waals surface area contributed by atoms with Crippen LogP contribution in [0.2, 0.25) is 0 Å². The predicted octanol–water partition coefficient (Wildman–Crippen LogP) is 0.800. The van der Waals surface area contributed by atoms with Gasteiger partial charge in [0, 0.05) is 28.7 Å². The zero-order chi connectivity index (χ0) is 28.1. The largest absolute Gasteiger partial charge is 0.464 e. The molecule has 4 rings (SSSR count). The number of nitrogens with two attached hydrogens (primary N) is 2. The van der Waals surface area contributed by atoms with Crippen LogP contribution in [0.5, 0.6) is 0 Å². The minimum atomic E-state index is -1.20. The van der Waals surface area contributed by atoms with Crippen LogP contribution in [-0.4, -0.2) is 66.4 Å². The van der Waals surface area contributed by atoms with Gasteiger partial charge in [0.2, 0.25) is 5.91 Å². The average molecular weight is 535 g/mol. The van der Waals surface area contributed by atoms with Crippen molar-refractivity contribution in [2.75, 3.05) is 30.3 Å². The summed E-state index contributed by atoms with van der Waals surface area (Å²) in [5.41, 5.74) is 13.7. The smallest absolute Gasteiger partial charge is 0.330 e. The molecule has 0 spiro atoms. The van der Waals surface area contributed by atoms with E-state index in [1.54, 1.807) is 55.5 Å². The lowest BCUT2D eigenvalue weighted by Crippen LogP contribution is -2.53. The van der Waals surface area contributed by atoms with Gasteiger partial charge in [0.05, 0.1) is 18.8 Å². The monoisotopic (exact) mass is 534 g/mol. The number of nitrogen functional groups attached to an aromatic ring is 2. The van der Waals surface area contributed by atoms with Gasteiger partial charge in [-0.3, -0.25) is 15.0 Å². The molecule has 1 fully saturated rings. The number of hydrogen-bond acceptors (Lipinski definition) is 7. The zero-order valence-electron chi connectivity index (χ0n) is 21.2. The third kappa shape index (κ3) is 5.92. The number of amidine groups is 1. The summed E-state index contributed by atoms with van der Waals surface area (Å²) in [5, 5.41) is 15.8. The van der Waals surface area contributed by atoms with E-state index in [-0.39, 0.29) is 36.3 Å². The van der Waals surface area contributed by atoms with Crippen LogP contribution in [0.4, 0.5) is 16.2 Å². The lowest BCUT2D eigenvalue weighted by molar-refractivity contribution is -0.145. The van der Waals surface area contributed by atoms with Crippen molar-refractivity contribution < 1.29 is 23.9 Å². The number of carbonyl (C=O) groups is 4. The maximum absolute atomic E-state index is 12.9. The number of benzene rings is 2. The SMILES string of the molecule is CCOC(=O)[C@H](CNC(=O)NC1CCN(c2ccc(C(=N)N)cc2)C1=O)NC(=O)c1[nH]c2ccccc2c1N. The van der Waals surface area contributed by atoms with E-state index in [1.807, 2.05) is 0 Å². The standard InChI is InChI=1S/C26H30N8O5/c1-2-39-25(37)19(32-23(35)21-20(27)16-5-3-4-6-17(16)31-21)13-30-26(38)33-18-11-12-34(24(18)36)15-9-7-14(8-10-15)22(28)29/h3-10,18-19,31H,2,11-13,27H2,1H3,(H3,28,29)(H,32,35)(H2,30,33,38)/t18?,19-/m0/s1. The maximum atomic E-state index is 12.9. The number of hydrogen-bond donors (Lipinski definition) is 7. The van der Waals surface area contributed by atoms with Crippen LogP contribution in [0.25, 0.3) is 10.9 Å². The first-order valence-electron chi connectivity index (χ1n) is 12.3. The highest BCUT2D eigenvalue weighted by Gasteiger charge is 2.34. The number of aromatic nitrogens is 1. The fraction of sp³-hybridized carbons (Fsp3) is 0.269. The van der Waals surface area contributed by atoms with Gasteiger partial charge in [-0.05, 0) is 43.7 Å². The zero-order valence-corrected chi connectivity index (χ0v) is 21.2. The third-order valence-corrected chi connectivity index (χ3v) is 6.32. The molecule has 1 aliphatic rings. The number of urea groups is 1. The van der Waals surface area contributed by atoms with Gasteiger partial charge in [-0.1, -0.05) is 18.2 Å². The van der Waals surface area contributed by atoms with Crippen LogP contribution in [0, 0.1) is 5.41 Å². The molecule has 3 aromatic rings. The van der Waals surface area contributed by atoms with Crippen molar-refractivity contribution in [2.24, 2.45) is 5.73 Å². The first-order valence-corrected chi connectivity index (χ1v) is 12.3. The molecule has 0 radical (unpaired) electrons. The number of aromatic amines is 1. The van der Waals surface area contributed by atoms with Crippen LogP contribution in [0.3, 0.4) is 0 Å². The molecule has 39 heavy (non-hydrogen) atoms. The number of fused-ring (bicyclic) bond motifs is 1. The number of nitrogens with one attached hydrogen (secondary N) is 5. The number of H-pyrrole nitrogens is 1. The fourth-order valence-corrected chi connectivity index (χ4v) is 4.30. The molecule has 2 aromatic carbocycles. The van der Waals surface area contributed by atoms with Gasteiger partial charge in [-0.15, -0.1) is 0 Å². The van der Waals surface area contributed by atoms with Crippen molar-refractivity contribution in [2.45, 2.75) is 25.4 Å². The van der Waals surface area contributed by atoms with Crippen LogP contribution in [-0.2, 0) is 14.3 Å². The van der Waals surface area contributed by atoms with E-state index in [9.17, 15) is 19.2 Å². The first kappa shape index (κ1) is 27.0. The Bertz CT molecular complexity index is 1420. The minimum Gasteiger partial charge on any atom is -0.464 e. The highest BCUT2D eigenvalue weighted by Crippen LogP contribution is 2.24. The van der Waals surface area contributed by atoms with E-state index in [4.69, 9.17) is 21.6 Å². The molecule has 1 aliphatic heterocycles. The third-order valence-electron chi connectivity index (χ3n) is 6.32. The first-order chi connectivity index (χ1) is 18.7. The van der Waals surface area contributed by atoms with E-state index >= 15 is 0 Å². The Morgan fingerprint density at radius 1 is 1.18 bits per heavy atom. The van der Waals surface area contributed by atoms with E-state index in [0.717, 1.165) is 0 Å². The van der Waals surface area contributed by atoms with Crippen molar-refractivity contribution in [1.29, 1.82) is 5.41 Å². The van der Waals surface area contributed by atoms with Crippen molar-refractivity contribution in [3.05, 3.63) is 59.8 Å². The molecule has 4 amide bonds. The molecule has 0 aliphatic carbocycles. The van der Waals surface area contributed by atoms with Crippen molar-refractivity contribution >= 4 is 51.9 Å². The van der Waals surface area contributed by atoms with Gasteiger partial charge in [-0.2, -0.15) is 0 Å². The number of rotatable bonds is 9. The molecule has 1 unspecified atom stereocenters. The van der Waals surface area contributed by atoms with Crippen LogP contribution in [0.15, 0.2) is 48.5 Å². The number of esters is 1. The minimum absolute atomic E-state index is 0.0751. The Labute approximate surface area is 223 Å². The topological polar surface area (TPSA) is 209 Å². The second kappa shape index (κ2) is 11.5. The van der Waals surface area contributed by atoms with Gasteiger partial charge < -0.3 is 42.0 Å². The number of amides is 4. The quantitative estimate of drug-likeness (QED) is 0.119. The molecule has 204 valence electrons. The summed E-state index contributed by atoms with van der Waals surface area (Å²) in [7, 11) is 0. The molecule has 1 aromatic heterocycles. The van der Waals surface area contributed by atoms with E-state index in [0.29, 0.717) is 35.1 Å².